The van der Waals surface area contributed by atoms with Gasteiger partial charge >= 0.3 is 0 Å². The van der Waals surface area contributed by atoms with Crippen LogP contribution in [0.5, 0.6) is 0 Å². The number of nitrogens with two attached hydrogens (primary N) is 1. The van der Waals surface area contributed by atoms with E-state index in [4.69, 9.17) is 17.3 Å². The molecule has 0 aromatic heterocycles. The lowest BCUT2D eigenvalue weighted by atomic mass is 10.1. The SMILES string of the molecule is Nc1cccc2c1N(C(=O)/C=C/c1ccc(Cl)cc1)CC2. The fourth-order valence-electron chi connectivity index (χ4n) is 2.54. The van der Waals surface area contributed by atoms with Crippen molar-refractivity contribution in [3.8, 4) is 0 Å². The molecule has 2 N–H and O–H groups in total. The molecular weight excluding hydrogens is 284 g/mol. The third kappa shape index (κ3) is 2.78. The minimum Gasteiger partial charge on any atom is -0.397 e. The van der Waals surface area contributed by atoms with Gasteiger partial charge in [0.1, 0.15) is 0 Å². The van der Waals surface area contributed by atoms with Crippen molar-refractivity contribution in [1.82, 2.24) is 0 Å². The molecule has 0 aliphatic carbocycles. The average molecular weight is 299 g/mol. The van der Waals surface area contributed by atoms with Gasteiger partial charge in [-0.1, -0.05) is 35.9 Å². The largest absolute Gasteiger partial charge is 0.397 e. The summed E-state index contributed by atoms with van der Waals surface area (Å²) in [6.07, 6.45) is 4.21. The second kappa shape index (κ2) is 5.62. The lowest BCUT2D eigenvalue weighted by Crippen LogP contribution is -2.27. The molecule has 0 unspecified atom stereocenters. The average Bonchev–Trinajstić information content (AvgIpc) is 2.92. The summed E-state index contributed by atoms with van der Waals surface area (Å²) >= 11 is 5.84. The molecule has 3 rings (SSSR count). The minimum atomic E-state index is -0.0541. The van der Waals surface area contributed by atoms with Crippen LogP contribution in [0, 0.1) is 0 Å². The highest BCUT2D eigenvalue weighted by atomic mass is 35.5. The molecule has 1 aliphatic heterocycles. The zero-order valence-electron chi connectivity index (χ0n) is 11.4. The number of hydrogen-bond acceptors (Lipinski definition) is 2. The third-order valence-electron chi connectivity index (χ3n) is 3.58. The van der Waals surface area contributed by atoms with Crippen molar-refractivity contribution in [3.05, 3.63) is 64.7 Å². The summed E-state index contributed by atoms with van der Waals surface area (Å²) in [6.45, 7) is 0.674. The highest BCUT2D eigenvalue weighted by Crippen LogP contribution is 2.33. The fraction of sp³-hybridized carbons (Fsp3) is 0.118. The summed E-state index contributed by atoms with van der Waals surface area (Å²) < 4.78 is 0. The molecular formula is C17H15ClN2O. The van der Waals surface area contributed by atoms with Crippen molar-refractivity contribution in [2.45, 2.75) is 6.42 Å². The highest BCUT2D eigenvalue weighted by molar-refractivity contribution is 6.30. The van der Waals surface area contributed by atoms with Crippen LogP contribution >= 0.6 is 11.6 Å². The molecule has 0 bridgehead atoms. The van der Waals surface area contributed by atoms with Gasteiger partial charge in [0.15, 0.2) is 0 Å². The summed E-state index contributed by atoms with van der Waals surface area (Å²) in [5, 5.41) is 0.680. The topological polar surface area (TPSA) is 46.3 Å². The Bertz CT molecular complexity index is 707. The molecule has 1 amide bonds. The number of fused-ring (bicyclic) bond motifs is 1. The molecule has 0 spiro atoms. The highest BCUT2D eigenvalue weighted by Gasteiger charge is 2.24. The molecule has 3 nitrogen and oxygen atoms in total. The van der Waals surface area contributed by atoms with Crippen molar-refractivity contribution in [1.29, 1.82) is 0 Å². The quantitative estimate of drug-likeness (QED) is 0.681. The Hall–Kier alpha value is -2.26. The summed E-state index contributed by atoms with van der Waals surface area (Å²) in [4.78, 5) is 14.1. The first-order valence-corrected chi connectivity index (χ1v) is 7.15. The van der Waals surface area contributed by atoms with Crippen LogP contribution in [0.25, 0.3) is 6.08 Å². The van der Waals surface area contributed by atoms with Gasteiger partial charge < -0.3 is 10.6 Å². The number of amides is 1. The zero-order chi connectivity index (χ0) is 14.8. The van der Waals surface area contributed by atoms with Crippen LogP contribution in [0.3, 0.4) is 0 Å². The van der Waals surface area contributed by atoms with Crippen molar-refractivity contribution in [2.75, 3.05) is 17.2 Å². The van der Waals surface area contributed by atoms with Crippen molar-refractivity contribution < 1.29 is 4.79 Å². The molecule has 21 heavy (non-hydrogen) atoms. The predicted molar refractivity (Wildman–Crippen MR) is 87.4 cm³/mol. The monoisotopic (exact) mass is 298 g/mol. The van der Waals surface area contributed by atoms with Crippen LogP contribution in [0.1, 0.15) is 11.1 Å². The van der Waals surface area contributed by atoms with Gasteiger partial charge in [-0.15, -0.1) is 0 Å². The second-order valence-corrected chi connectivity index (χ2v) is 5.42. The first-order valence-electron chi connectivity index (χ1n) is 6.77. The van der Waals surface area contributed by atoms with E-state index >= 15 is 0 Å². The number of para-hydroxylation sites is 1. The summed E-state index contributed by atoms with van der Waals surface area (Å²) in [5.41, 5.74) is 9.56. The Labute approximate surface area is 128 Å². The van der Waals surface area contributed by atoms with E-state index in [1.807, 2.05) is 30.3 Å². The van der Waals surface area contributed by atoms with Gasteiger partial charge in [-0.3, -0.25) is 4.79 Å². The van der Waals surface area contributed by atoms with Crippen LogP contribution in [0.2, 0.25) is 5.02 Å². The van der Waals surface area contributed by atoms with Crippen molar-refractivity contribution in [2.24, 2.45) is 0 Å². The number of carbonyl (C=O) groups excluding carboxylic acids is 1. The Balaban J connectivity index is 1.80. The number of nitrogens with zero attached hydrogens (tertiary/aromatic N) is 1. The maximum Gasteiger partial charge on any atom is 0.251 e. The standard InChI is InChI=1S/C17H15ClN2O/c18-14-7-4-12(5-8-14)6-9-16(21)20-11-10-13-2-1-3-15(19)17(13)20/h1-9H,10-11,19H2/b9-6+. The molecule has 2 aromatic carbocycles. The second-order valence-electron chi connectivity index (χ2n) is 4.98. The predicted octanol–water partition coefficient (Wildman–Crippen LogP) is 3.52. The van der Waals surface area contributed by atoms with Crippen molar-refractivity contribution >= 4 is 35.0 Å². The summed E-state index contributed by atoms with van der Waals surface area (Å²) in [7, 11) is 0. The van der Waals surface area contributed by atoms with E-state index in [-0.39, 0.29) is 5.91 Å². The van der Waals surface area contributed by atoms with Crippen LogP contribution in [0.4, 0.5) is 11.4 Å². The molecule has 0 saturated carbocycles. The van der Waals surface area contributed by atoms with Gasteiger partial charge in [0.05, 0.1) is 11.4 Å². The van der Waals surface area contributed by atoms with E-state index in [1.54, 1.807) is 29.2 Å². The zero-order valence-corrected chi connectivity index (χ0v) is 12.2. The van der Waals surface area contributed by atoms with E-state index < -0.39 is 0 Å². The molecule has 1 aliphatic rings. The lowest BCUT2D eigenvalue weighted by molar-refractivity contribution is -0.114. The Morgan fingerprint density at radius 2 is 1.95 bits per heavy atom. The van der Waals surface area contributed by atoms with Crippen LogP contribution in [0.15, 0.2) is 48.5 Å². The Morgan fingerprint density at radius 3 is 2.71 bits per heavy atom. The number of benzene rings is 2. The van der Waals surface area contributed by atoms with Crippen LogP contribution < -0.4 is 10.6 Å². The molecule has 106 valence electrons. The Kier molecular flexibility index (Phi) is 3.67. The lowest BCUT2D eigenvalue weighted by Gasteiger charge is -2.16. The van der Waals surface area contributed by atoms with Gasteiger partial charge in [-0.2, -0.15) is 0 Å². The third-order valence-corrected chi connectivity index (χ3v) is 3.83. The number of anilines is 2. The van der Waals surface area contributed by atoms with E-state index in [0.29, 0.717) is 17.3 Å². The van der Waals surface area contributed by atoms with Crippen molar-refractivity contribution in [3.63, 3.8) is 0 Å². The molecule has 0 atom stereocenters. The van der Waals surface area contributed by atoms with Gasteiger partial charge in [-0.25, -0.2) is 0 Å². The van der Waals surface area contributed by atoms with Crippen LogP contribution in [-0.2, 0) is 11.2 Å². The number of hydrogen-bond donors (Lipinski definition) is 1. The number of rotatable bonds is 2. The van der Waals surface area contributed by atoms with Gasteiger partial charge in [0, 0.05) is 17.6 Å². The maximum absolute atomic E-state index is 12.4. The molecule has 0 fully saturated rings. The molecule has 2 aromatic rings. The van der Waals surface area contributed by atoms with E-state index in [1.165, 1.54) is 0 Å². The first-order chi connectivity index (χ1) is 10.1. The van der Waals surface area contributed by atoms with E-state index in [9.17, 15) is 4.79 Å². The van der Waals surface area contributed by atoms with Gasteiger partial charge in [-0.05, 0) is 41.8 Å². The van der Waals surface area contributed by atoms with Gasteiger partial charge in [0.2, 0.25) is 0 Å². The molecule has 0 saturated heterocycles. The van der Waals surface area contributed by atoms with E-state index in [0.717, 1.165) is 23.2 Å². The number of carbonyl (C=O) groups is 1. The van der Waals surface area contributed by atoms with Gasteiger partial charge in [0.25, 0.3) is 5.91 Å². The smallest absolute Gasteiger partial charge is 0.251 e. The minimum absolute atomic E-state index is 0.0541. The number of nitrogen functional groups attached to an aromatic ring is 1. The number of halogens is 1. The fourth-order valence-corrected chi connectivity index (χ4v) is 2.66. The summed E-state index contributed by atoms with van der Waals surface area (Å²) in [6, 6.07) is 13.1. The summed E-state index contributed by atoms with van der Waals surface area (Å²) in [5.74, 6) is -0.0541. The van der Waals surface area contributed by atoms with Crippen LogP contribution in [-0.4, -0.2) is 12.5 Å². The molecule has 0 radical (unpaired) electrons. The Morgan fingerprint density at radius 1 is 1.19 bits per heavy atom. The normalized spacial score (nSPS) is 13.7. The van der Waals surface area contributed by atoms with E-state index in [2.05, 4.69) is 0 Å². The molecule has 1 heterocycles. The molecule has 4 heteroatoms. The maximum atomic E-state index is 12.4. The first kappa shape index (κ1) is 13.7.